The molecule has 0 unspecified atom stereocenters. The van der Waals surface area contributed by atoms with Crippen molar-refractivity contribution in [1.82, 2.24) is 14.3 Å². The minimum Gasteiger partial charge on any atom is -0.481 e. The number of hydrogen-bond acceptors (Lipinski definition) is 3. The van der Waals surface area contributed by atoms with Crippen molar-refractivity contribution < 1.29 is 14.7 Å². The van der Waals surface area contributed by atoms with Crippen LogP contribution >= 0.6 is 0 Å². The maximum atomic E-state index is 12.3. The van der Waals surface area contributed by atoms with Crippen LogP contribution in [0, 0.1) is 5.92 Å². The topological polar surface area (TPSA) is 74.9 Å². The van der Waals surface area contributed by atoms with Gasteiger partial charge in [0.05, 0.1) is 12.1 Å². The van der Waals surface area contributed by atoms with Gasteiger partial charge in [0.2, 0.25) is 5.91 Å². The van der Waals surface area contributed by atoms with Crippen LogP contribution in [-0.2, 0) is 16.0 Å². The van der Waals surface area contributed by atoms with Crippen LogP contribution in [-0.4, -0.2) is 44.4 Å². The minimum atomic E-state index is -0.755. The molecule has 0 saturated carbocycles. The Kier molecular flexibility index (Phi) is 4.09. The maximum absolute atomic E-state index is 12.3. The summed E-state index contributed by atoms with van der Waals surface area (Å²) in [4.78, 5) is 29.3. The number of piperidine rings is 1. The minimum absolute atomic E-state index is 0.0668. The van der Waals surface area contributed by atoms with Gasteiger partial charge >= 0.3 is 5.97 Å². The number of imidazole rings is 1. The van der Waals surface area contributed by atoms with Gasteiger partial charge in [0.15, 0.2) is 0 Å². The van der Waals surface area contributed by atoms with Crippen LogP contribution in [0.5, 0.6) is 0 Å². The molecule has 6 nitrogen and oxygen atoms in total. The van der Waals surface area contributed by atoms with Crippen LogP contribution in [0.1, 0.15) is 25.0 Å². The molecule has 1 saturated heterocycles. The number of nitrogens with zero attached hydrogens (tertiary/aromatic N) is 3. The van der Waals surface area contributed by atoms with Gasteiger partial charge in [-0.25, -0.2) is 4.98 Å². The van der Waals surface area contributed by atoms with Crippen LogP contribution in [0.15, 0.2) is 30.6 Å². The Morgan fingerprint density at radius 1 is 1.27 bits per heavy atom. The summed E-state index contributed by atoms with van der Waals surface area (Å²) < 4.78 is 1.90. The Hall–Kier alpha value is -2.37. The zero-order valence-corrected chi connectivity index (χ0v) is 12.3. The molecule has 2 aromatic rings. The second kappa shape index (κ2) is 6.17. The highest BCUT2D eigenvalue weighted by Crippen LogP contribution is 2.21. The number of aromatic nitrogens is 2. The number of carbonyl (C=O) groups is 2. The van der Waals surface area contributed by atoms with E-state index in [4.69, 9.17) is 5.11 Å². The van der Waals surface area contributed by atoms with Gasteiger partial charge in [0, 0.05) is 31.9 Å². The third-order valence-electron chi connectivity index (χ3n) is 4.18. The summed E-state index contributed by atoms with van der Waals surface area (Å²) in [6, 6.07) is 5.75. The average Bonchev–Trinajstić information content (AvgIpc) is 2.89. The molecule has 1 N–H and O–H groups in total. The van der Waals surface area contributed by atoms with Gasteiger partial charge in [-0.05, 0) is 30.9 Å². The SMILES string of the molecule is O=C(O)CC1CCN(C(=O)Cc2cn3ccccc3n2)CC1. The van der Waals surface area contributed by atoms with Gasteiger partial charge < -0.3 is 14.4 Å². The summed E-state index contributed by atoms with van der Waals surface area (Å²) in [5.41, 5.74) is 1.61. The monoisotopic (exact) mass is 301 g/mol. The number of pyridine rings is 1. The molecule has 1 aliphatic heterocycles. The molecular weight excluding hydrogens is 282 g/mol. The van der Waals surface area contributed by atoms with Crippen LogP contribution in [0.4, 0.5) is 0 Å². The molecule has 0 aliphatic carbocycles. The largest absolute Gasteiger partial charge is 0.481 e. The first-order valence-corrected chi connectivity index (χ1v) is 7.54. The highest BCUT2D eigenvalue weighted by atomic mass is 16.4. The van der Waals surface area contributed by atoms with E-state index in [1.807, 2.05) is 39.9 Å². The predicted molar refractivity (Wildman–Crippen MR) is 80.5 cm³/mol. The number of carbonyl (C=O) groups excluding carboxylic acids is 1. The molecule has 1 fully saturated rings. The summed E-state index contributed by atoms with van der Waals surface area (Å²) in [5, 5.41) is 8.81. The van der Waals surface area contributed by atoms with E-state index in [0.29, 0.717) is 19.5 Å². The van der Waals surface area contributed by atoms with E-state index >= 15 is 0 Å². The first kappa shape index (κ1) is 14.6. The lowest BCUT2D eigenvalue weighted by Crippen LogP contribution is -2.39. The number of amides is 1. The lowest BCUT2D eigenvalue weighted by molar-refractivity contribution is -0.138. The lowest BCUT2D eigenvalue weighted by atomic mass is 9.93. The van der Waals surface area contributed by atoms with E-state index in [1.54, 1.807) is 0 Å². The third kappa shape index (κ3) is 3.27. The van der Waals surface area contributed by atoms with Crippen molar-refractivity contribution in [3.63, 3.8) is 0 Å². The van der Waals surface area contributed by atoms with Crippen LogP contribution in [0.25, 0.3) is 5.65 Å². The molecule has 1 aliphatic rings. The maximum Gasteiger partial charge on any atom is 0.303 e. The van der Waals surface area contributed by atoms with Gasteiger partial charge in [0.25, 0.3) is 0 Å². The average molecular weight is 301 g/mol. The van der Waals surface area contributed by atoms with Crippen molar-refractivity contribution in [1.29, 1.82) is 0 Å². The van der Waals surface area contributed by atoms with E-state index in [0.717, 1.165) is 24.2 Å². The van der Waals surface area contributed by atoms with E-state index < -0.39 is 5.97 Å². The normalized spacial score (nSPS) is 16.1. The summed E-state index contributed by atoms with van der Waals surface area (Å²) >= 11 is 0. The Morgan fingerprint density at radius 2 is 2.05 bits per heavy atom. The Labute approximate surface area is 128 Å². The molecule has 0 atom stereocenters. The quantitative estimate of drug-likeness (QED) is 0.930. The number of aliphatic carboxylic acids is 1. The van der Waals surface area contributed by atoms with Crippen molar-refractivity contribution in [3.05, 3.63) is 36.3 Å². The summed E-state index contributed by atoms with van der Waals surface area (Å²) in [7, 11) is 0. The van der Waals surface area contributed by atoms with Crippen LogP contribution < -0.4 is 0 Å². The van der Waals surface area contributed by atoms with Crippen molar-refractivity contribution in [2.24, 2.45) is 5.92 Å². The molecule has 6 heteroatoms. The number of carboxylic acids is 1. The van der Waals surface area contributed by atoms with Gasteiger partial charge in [-0.3, -0.25) is 9.59 Å². The molecular formula is C16H19N3O3. The fourth-order valence-electron chi connectivity index (χ4n) is 2.97. The second-order valence-corrected chi connectivity index (χ2v) is 5.80. The fourth-order valence-corrected chi connectivity index (χ4v) is 2.97. The summed E-state index contributed by atoms with van der Waals surface area (Å²) in [5.74, 6) is -0.497. The lowest BCUT2D eigenvalue weighted by Gasteiger charge is -2.31. The number of fused-ring (bicyclic) bond motifs is 1. The molecule has 0 radical (unpaired) electrons. The highest BCUT2D eigenvalue weighted by molar-refractivity contribution is 5.78. The summed E-state index contributed by atoms with van der Waals surface area (Å²) in [6.45, 7) is 1.29. The van der Waals surface area contributed by atoms with E-state index in [9.17, 15) is 9.59 Å². The number of carboxylic acid groups (broad SMARTS) is 1. The number of hydrogen-bond donors (Lipinski definition) is 1. The van der Waals surface area contributed by atoms with E-state index in [-0.39, 0.29) is 18.2 Å². The number of rotatable bonds is 4. The van der Waals surface area contributed by atoms with E-state index in [2.05, 4.69) is 4.98 Å². The summed E-state index contributed by atoms with van der Waals surface area (Å²) in [6.07, 6.45) is 5.82. The van der Waals surface area contributed by atoms with Gasteiger partial charge in [-0.1, -0.05) is 6.07 Å². The van der Waals surface area contributed by atoms with Crippen LogP contribution in [0.2, 0.25) is 0 Å². The Bertz CT molecular complexity index is 654. The van der Waals surface area contributed by atoms with Crippen LogP contribution in [0.3, 0.4) is 0 Å². The predicted octanol–water partition coefficient (Wildman–Crippen LogP) is 1.59. The smallest absolute Gasteiger partial charge is 0.303 e. The van der Waals surface area contributed by atoms with Crippen molar-refractivity contribution >= 4 is 17.5 Å². The molecule has 22 heavy (non-hydrogen) atoms. The Morgan fingerprint density at radius 3 is 2.73 bits per heavy atom. The molecule has 0 bridgehead atoms. The molecule has 3 heterocycles. The van der Waals surface area contributed by atoms with Crippen molar-refractivity contribution in [2.45, 2.75) is 25.7 Å². The zero-order chi connectivity index (χ0) is 15.5. The van der Waals surface area contributed by atoms with Gasteiger partial charge in [-0.15, -0.1) is 0 Å². The Balaban J connectivity index is 1.57. The first-order chi connectivity index (χ1) is 10.6. The van der Waals surface area contributed by atoms with E-state index in [1.165, 1.54) is 0 Å². The first-order valence-electron chi connectivity index (χ1n) is 7.54. The van der Waals surface area contributed by atoms with Gasteiger partial charge in [-0.2, -0.15) is 0 Å². The fraction of sp³-hybridized carbons (Fsp3) is 0.438. The molecule has 2 aromatic heterocycles. The van der Waals surface area contributed by atoms with Crippen molar-refractivity contribution in [3.8, 4) is 0 Å². The number of likely N-dealkylation sites (tertiary alicyclic amines) is 1. The molecule has 1 amide bonds. The second-order valence-electron chi connectivity index (χ2n) is 5.80. The third-order valence-corrected chi connectivity index (χ3v) is 4.18. The standard InChI is InChI=1S/C16H19N3O3/c20-15(18-7-4-12(5-8-18)9-16(21)22)10-13-11-19-6-2-1-3-14(19)17-13/h1-3,6,11-12H,4-5,7-10H2,(H,21,22). The van der Waals surface area contributed by atoms with Gasteiger partial charge in [0.1, 0.15) is 5.65 Å². The zero-order valence-electron chi connectivity index (χ0n) is 12.3. The van der Waals surface area contributed by atoms with Crippen molar-refractivity contribution in [2.75, 3.05) is 13.1 Å². The molecule has 0 spiro atoms. The molecule has 3 rings (SSSR count). The molecule has 0 aromatic carbocycles. The molecule has 116 valence electrons. The highest BCUT2D eigenvalue weighted by Gasteiger charge is 2.24.